The van der Waals surface area contributed by atoms with E-state index in [-0.39, 0.29) is 11.5 Å². The monoisotopic (exact) mass is 311 g/mol. The van der Waals surface area contributed by atoms with Gasteiger partial charge in [-0.2, -0.15) is 5.26 Å². The number of rotatable bonds is 5. The molecule has 1 amide bonds. The minimum atomic E-state index is -0.603. The van der Waals surface area contributed by atoms with Crippen molar-refractivity contribution >= 4 is 17.3 Å². The molecule has 0 atom stereocenters. The molecule has 2 aromatic rings. The molecule has 118 valence electrons. The minimum absolute atomic E-state index is 0.0978. The maximum absolute atomic E-state index is 13.3. The van der Waals surface area contributed by atoms with Crippen LogP contribution in [0.4, 0.5) is 15.8 Å². The van der Waals surface area contributed by atoms with Crippen molar-refractivity contribution in [1.82, 2.24) is 0 Å². The molecule has 0 aromatic heterocycles. The van der Waals surface area contributed by atoms with E-state index in [0.717, 1.165) is 24.7 Å². The van der Waals surface area contributed by atoms with E-state index in [9.17, 15) is 9.18 Å². The van der Waals surface area contributed by atoms with Crippen molar-refractivity contribution < 1.29 is 9.18 Å². The van der Waals surface area contributed by atoms with Gasteiger partial charge in [0.05, 0.1) is 5.56 Å². The number of carbonyl (C=O) groups excluding carboxylic acids is 1. The fraction of sp³-hybridized carbons (Fsp3) is 0.222. The van der Waals surface area contributed by atoms with Gasteiger partial charge in [0.1, 0.15) is 11.9 Å². The van der Waals surface area contributed by atoms with Crippen molar-refractivity contribution in [2.24, 2.45) is 0 Å². The number of amides is 1. The molecule has 2 aromatic carbocycles. The van der Waals surface area contributed by atoms with Gasteiger partial charge in [-0.1, -0.05) is 6.92 Å². The molecular formula is C18H18FN3O. The highest BCUT2D eigenvalue weighted by Gasteiger charge is 2.09. The van der Waals surface area contributed by atoms with Crippen LogP contribution in [-0.2, 0) is 0 Å². The molecule has 0 spiro atoms. The van der Waals surface area contributed by atoms with Crippen molar-refractivity contribution in [2.75, 3.05) is 23.8 Å². The average Bonchev–Trinajstić information content (AvgIpc) is 2.57. The summed E-state index contributed by atoms with van der Waals surface area (Å²) in [5.74, 6) is -0.904. The fourth-order valence-corrected chi connectivity index (χ4v) is 2.22. The van der Waals surface area contributed by atoms with Gasteiger partial charge in [0.2, 0.25) is 0 Å². The van der Waals surface area contributed by atoms with Gasteiger partial charge >= 0.3 is 0 Å². The van der Waals surface area contributed by atoms with Crippen LogP contribution in [0.5, 0.6) is 0 Å². The summed E-state index contributed by atoms with van der Waals surface area (Å²) in [5.41, 5.74) is 1.83. The number of nitrogens with zero attached hydrogens (tertiary/aromatic N) is 2. The van der Waals surface area contributed by atoms with Crippen LogP contribution in [0, 0.1) is 17.1 Å². The van der Waals surface area contributed by atoms with Gasteiger partial charge in [0.15, 0.2) is 0 Å². The molecule has 0 aliphatic rings. The molecular weight excluding hydrogens is 293 g/mol. The van der Waals surface area contributed by atoms with Gasteiger partial charge in [0, 0.05) is 30.5 Å². The average molecular weight is 311 g/mol. The Morgan fingerprint density at radius 2 is 1.96 bits per heavy atom. The standard InChI is InChI=1S/C18H18FN3O/c1-3-10-22(2)16-7-4-13(5-8-16)18(23)21-15-6-9-17(19)14(11-15)12-20/h4-9,11H,3,10H2,1-2H3,(H,21,23). The summed E-state index contributed by atoms with van der Waals surface area (Å²) in [6.07, 6.45) is 1.05. The third-order valence-corrected chi connectivity index (χ3v) is 3.47. The summed E-state index contributed by atoms with van der Waals surface area (Å²) in [7, 11) is 2.00. The predicted molar refractivity (Wildman–Crippen MR) is 89.1 cm³/mol. The Morgan fingerprint density at radius 3 is 2.57 bits per heavy atom. The lowest BCUT2D eigenvalue weighted by molar-refractivity contribution is 0.102. The second-order valence-corrected chi connectivity index (χ2v) is 5.23. The lowest BCUT2D eigenvalue weighted by Crippen LogP contribution is -2.18. The Hall–Kier alpha value is -2.87. The number of halogens is 1. The van der Waals surface area contributed by atoms with E-state index in [4.69, 9.17) is 5.26 Å². The molecule has 0 bridgehead atoms. The molecule has 4 nitrogen and oxygen atoms in total. The van der Waals surface area contributed by atoms with Crippen molar-refractivity contribution in [3.05, 3.63) is 59.4 Å². The zero-order valence-electron chi connectivity index (χ0n) is 13.1. The van der Waals surface area contributed by atoms with E-state index >= 15 is 0 Å². The maximum Gasteiger partial charge on any atom is 0.255 e. The number of carbonyl (C=O) groups is 1. The highest BCUT2D eigenvalue weighted by atomic mass is 19.1. The fourth-order valence-electron chi connectivity index (χ4n) is 2.22. The number of hydrogen-bond acceptors (Lipinski definition) is 3. The Balaban J connectivity index is 2.10. The topological polar surface area (TPSA) is 56.1 Å². The summed E-state index contributed by atoms with van der Waals surface area (Å²) >= 11 is 0. The zero-order chi connectivity index (χ0) is 16.8. The molecule has 0 heterocycles. The summed E-state index contributed by atoms with van der Waals surface area (Å²) in [6.45, 7) is 3.05. The number of nitrogens with one attached hydrogen (secondary N) is 1. The quantitative estimate of drug-likeness (QED) is 0.914. The van der Waals surface area contributed by atoms with E-state index in [1.165, 1.54) is 12.1 Å². The van der Waals surface area contributed by atoms with Gasteiger partial charge in [-0.15, -0.1) is 0 Å². The van der Waals surface area contributed by atoms with Crippen LogP contribution in [-0.4, -0.2) is 19.5 Å². The first-order chi connectivity index (χ1) is 11.0. The molecule has 0 saturated carbocycles. The summed E-state index contributed by atoms with van der Waals surface area (Å²) in [6, 6.07) is 12.9. The Kier molecular flexibility index (Phi) is 5.32. The van der Waals surface area contributed by atoms with Crippen molar-refractivity contribution in [3.8, 4) is 6.07 Å². The zero-order valence-corrected chi connectivity index (χ0v) is 13.1. The lowest BCUT2D eigenvalue weighted by atomic mass is 10.1. The molecule has 0 unspecified atom stereocenters. The first-order valence-corrected chi connectivity index (χ1v) is 7.37. The summed E-state index contributed by atoms with van der Waals surface area (Å²) in [4.78, 5) is 14.3. The van der Waals surface area contributed by atoms with Crippen molar-refractivity contribution in [1.29, 1.82) is 5.26 Å². The summed E-state index contributed by atoms with van der Waals surface area (Å²) < 4.78 is 13.3. The molecule has 5 heteroatoms. The second kappa shape index (κ2) is 7.41. The molecule has 2 rings (SSSR count). The third kappa shape index (κ3) is 4.07. The molecule has 23 heavy (non-hydrogen) atoms. The van der Waals surface area contributed by atoms with Crippen LogP contribution in [0.15, 0.2) is 42.5 Å². The van der Waals surface area contributed by atoms with Crippen LogP contribution in [0.25, 0.3) is 0 Å². The Labute approximate surface area is 135 Å². The van der Waals surface area contributed by atoms with E-state index in [1.807, 2.05) is 19.2 Å². The number of hydrogen-bond donors (Lipinski definition) is 1. The van der Waals surface area contributed by atoms with Crippen LogP contribution >= 0.6 is 0 Å². The van der Waals surface area contributed by atoms with E-state index in [0.29, 0.717) is 11.3 Å². The smallest absolute Gasteiger partial charge is 0.255 e. The predicted octanol–water partition coefficient (Wildman–Crippen LogP) is 3.80. The van der Waals surface area contributed by atoms with Gasteiger partial charge in [0.25, 0.3) is 5.91 Å². The maximum atomic E-state index is 13.3. The minimum Gasteiger partial charge on any atom is -0.375 e. The molecule has 0 saturated heterocycles. The molecule has 0 fully saturated rings. The highest BCUT2D eigenvalue weighted by Crippen LogP contribution is 2.17. The van der Waals surface area contributed by atoms with E-state index in [1.54, 1.807) is 18.2 Å². The van der Waals surface area contributed by atoms with Gasteiger partial charge < -0.3 is 10.2 Å². The Morgan fingerprint density at radius 1 is 1.26 bits per heavy atom. The Bertz CT molecular complexity index is 735. The largest absolute Gasteiger partial charge is 0.375 e. The number of anilines is 2. The van der Waals surface area contributed by atoms with E-state index in [2.05, 4.69) is 17.1 Å². The van der Waals surface area contributed by atoms with Crippen LogP contribution in [0.1, 0.15) is 29.3 Å². The number of benzene rings is 2. The highest BCUT2D eigenvalue weighted by molar-refractivity contribution is 6.04. The van der Waals surface area contributed by atoms with Gasteiger partial charge in [-0.25, -0.2) is 4.39 Å². The first-order valence-electron chi connectivity index (χ1n) is 7.37. The van der Waals surface area contributed by atoms with Crippen LogP contribution in [0.3, 0.4) is 0 Å². The SMILES string of the molecule is CCCN(C)c1ccc(C(=O)Nc2ccc(F)c(C#N)c2)cc1. The van der Waals surface area contributed by atoms with Crippen molar-refractivity contribution in [3.63, 3.8) is 0 Å². The van der Waals surface area contributed by atoms with E-state index < -0.39 is 5.82 Å². The number of nitriles is 1. The van der Waals surface area contributed by atoms with Crippen molar-refractivity contribution in [2.45, 2.75) is 13.3 Å². The molecule has 0 aliphatic carbocycles. The van der Waals surface area contributed by atoms with Crippen LogP contribution in [0.2, 0.25) is 0 Å². The van der Waals surface area contributed by atoms with Gasteiger partial charge in [-0.3, -0.25) is 4.79 Å². The molecule has 1 N–H and O–H groups in total. The third-order valence-electron chi connectivity index (χ3n) is 3.47. The molecule has 0 aliphatic heterocycles. The lowest BCUT2D eigenvalue weighted by Gasteiger charge is -2.18. The second-order valence-electron chi connectivity index (χ2n) is 5.23. The molecule has 0 radical (unpaired) electrons. The van der Waals surface area contributed by atoms with Gasteiger partial charge in [-0.05, 0) is 48.9 Å². The normalized spacial score (nSPS) is 10.0. The first kappa shape index (κ1) is 16.5. The van der Waals surface area contributed by atoms with Crippen LogP contribution < -0.4 is 10.2 Å². The summed E-state index contributed by atoms with van der Waals surface area (Å²) in [5, 5.41) is 11.5.